The summed E-state index contributed by atoms with van der Waals surface area (Å²) in [5.74, 6) is -0.333. The first-order valence-electron chi connectivity index (χ1n) is 5.42. The molecule has 0 atom stereocenters. The van der Waals surface area contributed by atoms with Crippen molar-refractivity contribution in [2.24, 2.45) is 5.73 Å². The molecule has 3 nitrogen and oxygen atoms in total. The molecule has 2 N–H and O–H groups in total. The van der Waals surface area contributed by atoms with Crippen LogP contribution in [0.5, 0.6) is 0 Å². The molecule has 0 radical (unpaired) electrons. The summed E-state index contributed by atoms with van der Waals surface area (Å²) in [6, 6.07) is 13.6. The van der Waals surface area contributed by atoms with Gasteiger partial charge < -0.3 is 10.2 Å². The Morgan fingerprint density at radius 1 is 1.06 bits per heavy atom. The molecule has 0 aliphatic carbocycles. The Kier molecular flexibility index (Phi) is 3.26. The van der Waals surface area contributed by atoms with Gasteiger partial charge in [0, 0.05) is 10.8 Å². The monoisotopic (exact) mass is 261 g/mol. The normalized spacial score (nSPS) is 10.4. The van der Waals surface area contributed by atoms with Crippen LogP contribution < -0.4 is 5.73 Å². The molecule has 0 unspecified atom stereocenters. The van der Waals surface area contributed by atoms with Crippen molar-refractivity contribution in [1.29, 1.82) is 0 Å². The standard InChI is InChI=1S/C14H11NO2.ClH/c15-14(16)8-9-5-6-11-10-3-1-2-4-12(10)17-13(11)7-9;/h1-7H,8H2,(H2,15,16);1H. The van der Waals surface area contributed by atoms with Gasteiger partial charge in [0.05, 0.1) is 6.42 Å². The van der Waals surface area contributed by atoms with Crippen LogP contribution in [0, 0.1) is 0 Å². The van der Waals surface area contributed by atoms with Gasteiger partial charge in [-0.3, -0.25) is 4.79 Å². The molecule has 1 amide bonds. The summed E-state index contributed by atoms with van der Waals surface area (Å²) in [6.45, 7) is 0. The van der Waals surface area contributed by atoms with Crippen LogP contribution in [-0.4, -0.2) is 5.91 Å². The molecule has 4 heteroatoms. The molecule has 1 aromatic heterocycles. The second-order valence-corrected chi connectivity index (χ2v) is 4.07. The van der Waals surface area contributed by atoms with Crippen LogP contribution in [0.15, 0.2) is 46.9 Å². The van der Waals surface area contributed by atoms with Gasteiger partial charge in [0.25, 0.3) is 0 Å². The molecule has 0 saturated heterocycles. The van der Waals surface area contributed by atoms with Crippen molar-refractivity contribution in [3.8, 4) is 0 Å². The van der Waals surface area contributed by atoms with Crippen molar-refractivity contribution in [2.45, 2.75) is 6.42 Å². The van der Waals surface area contributed by atoms with Gasteiger partial charge in [0.15, 0.2) is 0 Å². The smallest absolute Gasteiger partial charge is 0.221 e. The largest absolute Gasteiger partial charge is 0.456 e. The van der Waals surface area contributed by atoms with E-state index in [1.165, 1.54) is 0 Å². The van der Waals surface area contributed by atoms with E-state index in [1.54, 1.807) is 0 Å². The Hall–Kier alpha value is -2.00. The Morgan fingerprint density at radius 3 is 2.56 bits per heavy atom. The van der Waals surface area contributed by atoms with Crippen molar-refractivity contribution in [1.82, 2.24) is 0 Å². The van der Waals surface area contributed by atoms with E-state index in [-0.39, 0.29) is 24.7 Å². The van der Waals surface area contributed by atoms with Gasteiger partial charge in [-0.25, -0.2) is 0 Å². The summed E-state index contributed by atoms with van der Waals surface area (Å²) in [6.07, 6.45) is 0.243. The van der Waals surface area contributed by atoms with Gasteiger partial charge >= 0.3 is 0 Å². The first-order chi connectivity index (χ1) is 8.24. The summed E-state index contributed by atoms with van der Waals surface area (Å²) in [5.41, 5.74) is 7.71. The molecular weight excluding hydrogens is 250 g/mol. The minimum Gasteiger partial charge on any atom is -0.456 e. The molecule has 0 aliphatic heterocycles. The third-order valence-corrected chi connectivity index (χ3v) is 2.82. The average Bonchev–Trinajstić information content (AvgIpc) is 2.65. The number of para-hydroxylation sites is 1. The van der Waals surface area contributed by atoms with Gasteiger partial charge in [0.1, 0.15) is 11.2 Å². The first-order valence-corrected chi connectivity index (χ1v) is 5.42. The molecule has 0 saturated carbocycles. The molecular formula is C14H12ClNO2. The number of fused-ring (bicyclic) bond motifs is 3. The molecule has 0 bridgehead atoms. The van der Waals surface area contributed by atoms with Gasteiger partial charge in [-0.1, -0.05) is 30.3 Å². The molecule has 18 heavy (non-hydrogen) atoms. The van der Waals surface area contributed by atoms with Crippen molar-refractivity contribution >= 4 is 40.3 Å². The van der Waals surface area contributed by atoms with Crippen LogP contribution in [0.1, 0.15) is 5.56 Å². The predicted octanol–water partition coefficient (Wildman–Crippen LogP) is 3.04. The third-order valence-electron chi connectivity index (χ3n) is 2.82. The van der Waals surface area contributed by atoms with Gasteiger partial charge in [0.2, 0.25) is 5.91 Å². The maximum absolute atomic E-state index is 10.9. The summed E-state index contributed by atoms with van der Waals surface area (Å²) in [7, 11) is 0. The molecule has 0 fully saturated rings. The number of hydrogen-bond acceptors (Lipinski definition) is 2. The van der Waals surface area contributed by atoms with E-state index in [1.807, 2.05) is 42.5 Å². The SMILES string of the molecule is Cl.NC(=O)Cc1ccc2c(c1)oc1ccccc12. The molecule has 0 spiro atoms. The van der Waals surface area contributed by atoms with E-state index in [4.69, 9.17) is 10.2 Å². The number of hydrogen-bond donors (Lipinski definition) is 1. The highest BCUT2D eigenvalue weighted by Gasteiger charge is 2.07. The first kappa shape index (κ1) is 12.5. The third kappa shape index (κ3) is 2.05. The number of halogens is 1. The second kappa shape index (κ2) is 4.70. The van der Waals surface area contributed by atoms with Crippen LogP contribution in [0.2, 0.25) is 0 Å². The second-order valence-electron chi connectivity index (χ2n) is 4.07. The van der Waals surface area contributed by atoms with Crippen LogP contribution in [-0.2, 0) is 11.2 Å². The number of carbonyl (C=O) groups excluding carboxylic acids is 1. The predicted molar refractivity (Wildman–Crippen MR) is 73.9 cm³/mol. The van der Waals surface area contributed by atoms with Crippen molar-refractivity contribution in [3.63, 3.8) is 0 Å². The van der Waals surface area contributed by atoms with Crippen LogP contribution in [0.4, 0.5) is 0 Å². The van der Waals surface area contributed by atoms with E-state index in [9.17, 15) is 4.79 Å². The Morgan fingerprint density at radius 2 is 1.78 bits per heavy atom. The zero-order valence-corrected chi connectivity index (χ0v) is 10.4. The fourth-order valence-corrected chi connectivity index (χ4v) is 2.08. The zero-order chi connectivity index (χ0) is 11.8. The lowest BCUT2D eigenvalue weighted by Gasteiger charge is -1.96. The Balaban J connectivity index is 0.00000120. The zero-order valence-electron chi connectivity index (χ0n) is 9.55. The fourth-order valence-electron chi connectivity index (χ4n) is 2.08. The topological polar surface area (TPSA) is 56.2 Å². The Labute approximate surface area is 110 Å². The highest BCUT2D eigenvalue weighted by molar-refractivity contribution is 6.05. The van der Waals surface area contributed by atoms with E-state index >= 15 is 0 Å². The molecule has 2 aromatic carbocycles. The number of benzene rings is 2. The minimum atomic E-state index is -0.333. The maximum Gasteiger partial charge on any atom is 0.221 e. The number of primary amides is 1. The summed E-state index contributed by atoms with van der Waals surface area (Å²) in [5, 5.41) is 2.15. The molecule has 1 heterocycles. The van der Waals surface area contributed by atoms with Crippen molar-refractivity contribution in [2.75, 3.05) is 0 Å². The lowest BCUT2D eigenvalue weighted by molar-refractivity contribution is -0.117. The number of amides is 1. The van der Waals surface area contributed by atoms with Crippen LogP contribution >= 0.6 is 12.4 Å². The summed E-state index contributed by atoms with van der Waals surface area (Å²) >= 11 is 0. The van der Waals surface area contributed by atoms with Crippen LogP contribution in [0.25, 0.3) is 21.9 Å². The highest BCUT2D eigenvalue weighted by atomic mass is 35.5. The quantitative estimate of drug-likeness (QED) is 0.771. The van der Waals surface area contributed by atoms with Gasteiger partial charge in [-0.15, -0.1) is 12.4 Å². The fraction of sp³-hybridized carbons (Fsp3) is 0.0714. The number of carbonyl (C=O) groups is 1. The lowest BCUT2D eigenvalue weighted by atomic mass is 10.1. The van der Waals surface area contributed by atoms with E-state index in [0.29, 0.717) is 0 Å². The van der Waals surface area contributed by atoms with E-state index < -0.39 is 0 Å². The molecule has 0 aliphatic rings. The lowest BCUT2D eigenvalue weighted by Crippen LogP contribution is -2.13. The number of furan rings is 1. The van der Waals surface area contributed by atoms with Gasteiger partial charge in [-0.2, -0.15) is 0 Å². The van der Waals surface area contributed by atoms with Gasteiger partial charge in [-0.05, 0) is 17.7 Å². The number of nitrogens with two attached hydrogens (primary N) is 1. The summed E-state index contributed by atoms with van der Waals surface area (Å²) < 4.78 is 5.72. The molecule has 3 aromatic rings. The maximum atomic E-state index is 10.9. The summed E-state index contributed by atoms with van der Waals surface area (Å²) in [4.78, 5) is 10.9. The number of rotatable bonds is 2. The molecule has 3 rings (SSSR count). The van der Waals surface area contributed by atoms with E-state index in [2.05, 4.69) is 0 Å². The van der Waals surface area contributed by atoms with Crippen molar-refractivity contribution < 1.29 is 9.21 Å². The Bertz CT molecular complexity index is 718. The minimum absolute atomic E-state index is 0. The molecule has 92 valence electrons. The van der Waals surface area contributed by atoms with Crippen molar-refractivity contribution in [3.05, 3.63) is 48.0 Å². The average molecular weight is 262 g/mol. The van der Waals surface area contributed by atoms with E-state index in [0.717, 1.165) is 27.5 Å². The highest BCUT2D eigenvalue weighted by Crippen LogP contribution is 2.28. The van der Waals surface area contributed by atoms with Crippen LogP contribution in [0.3, 0.4) is 0 Å².